The van der Waals surface area contributed by atoms with Crippen molar-refractivity contribution in [1.29, 1.82) is 0 Å². The standard InChI is InChI=1S/C16H24ClNO/c1-2-3-10-16(19)18(13-7-12-17)14-11-15-8-5-4-6-9-15/h4-6,8-9H,2-3,7,10-14H2,1H3. The van der Waals surface area contributed by atoms with Crippen LogP contribution < -0.4 is 0 Å². The van der Waals surface area contributed by atoms with E-state index in [1.54, 1.807) is 0 Å². The van der Waals surface area contributed by atoms with E-state index in [0.717, 1.165) is 38.8 Å². The maximum absolute atomic E-state index is 12.1. The van der Waals surface area contributed by atoms with Gasteiger partial charge in [-0.1, -0.05) is 43.7 Å². The summed E-state index contributed by atoms with van der Waals surface area (Å²) in [4.78, 5) is 14.1. The minimum Gasteiger partial charge on any atom is -0.342 e. The molecule has 1 aromatic carbocycles. The summed E-state index contributed by atoms with van der Waals surface area (Å²) in [6.45, 7) is 3.68. The van der Waals surface area contributed by atoms with Crippen molar-refractivity contribution in [1.82, 2.24) is 4.90 Å². The molecule has 0 aliphatic carbocycles. The van der Waals surface area contributed by atoms with Gasteiger partial charge in [0.2, 0.25) is 5.91 Å². The molecule has 1 rings (SSSR count). The summed E-state index contributed by atoms with van der Waals surface area (Å²) in [6.07, 6.45) is 4.48. The SMILES string of the molecule is CCCCC(=O)N(CCCCl)CCc1ccccc1. The Morgan fingerprint density at radius 1 is 1.16 bits per heavy atom. The van der Waals surface area contributed by atoms with Crippen LogP contribution in [0.2, 0.25) is 0 Å². The number of alkyl halides is 1. The molecule has 0 aliphatic rings. The van der Waals surface area contributed by atoms with Crippen molar-refractivity contribution in [3.8, 4) is 0 Å². The number of carbonyl (C=O) groups is 1. The van der Waals surface area contributed by atoms with Crippen molar-refractivity contribution >= 4 is 17.5 Å². The van der Waals surface area contributed by atoms with Gasteiger partial charge >= 0.3 is 0 Å². The first kappa shape index (κ1) is 16.0. The van der Waals surface area contributed by atoms with Crippen LogP contribution in [-0.4, -0.2) is 29.8 Å². The van der Waals surface area contributed by atoms with E-state index in [-0.39, 0.29) is 5.91 Å². The Morgan fingerprint density at radius 2 is 1.89 bits per heavy atom. The number of unbranched alkanes of at least 4 members (excludes halogenated alkanes) is 1. The van der Waals surface area contributed by atoms with E-state index in [4.69, 9.17) is 11.6 Å². The molecule has 0 aromatic heterocycles. The Kier molecular flexibility index (Phi) is 8.31. The Bertz CT molecular complexity index is 353. The summed E-state index contributed by atoms with van der Waals surface area (Å²) >= 11 is 5.73. The molecule has 19 heavy (non-hydrogen) atoms. The summed E-state index contributed by atoms with van der Waals surface area (Å²) < 4.78 is 0. The van der Waals surface area contributed by atoms with Crippen molar-refractivity contribution in [3.05, 3.63) is 35.9 Å². The van der Waals surface area contributed by atoms with Crippen LogP contribution in [0.25, 0.3) is 0 Å². The first-order valence-corrected chi connectivity index (χ1v) is 7.69. The molecule has 0 spiro atoms. The van der Waals surface area contributed by atoms with Gasteiger partial charge in [0.05, 0.1) is 0 Å². The molecular weight excluding hydrogens is 258 g/mol. The molecule has 2 nitrogen and oxygen atoms in total. The zero-order valence-electron chi connectivity index (χ0n) is 11.8. The maximum atomic E-state index is 12.1. The van der Waals surface area contributed by atoms with E-state index >= 15 is 0 Å². The van der Waals surface area contributed by atoms with Gasteiger partial charge in [0, 0.05) is 25.4 Å². The van der Waals surface area contributed by atoms with Crippen LogP contribution in [0.4, 0.5) is 0 Å². The van der Waals surface area contributed by atoms with Gasteiger partial charge in [-0.15, -0.1) is 11.6 Å². The third-order valence-electron chi connectivity index (χ3n) is 3.17. The molecule has 0 bridgehead atoms. The molecule has 0 unspecified atom stereocenters. The summed E-state index contributed by atoms with van der Waals surface area (Å²) in [5.74, 6) is 0.881. The highest BCUT2D eigenvalue weighted by Crippen LogP contribution is 2.06. The van der Waals surface area contributed by atoms with Crippen LogP contribution in [0.3, 0.4) is 0 Å². The van der Waals surface area contributed by atoms with Gasteiger partial charge in [-0.05, 0) is 24.8 Å². The minimum absolute atomic E-state index is 0.267. The largest absolute Gasteiger partial charge is 0.342 e. The number of rotatable bonds is 9. The van der Waals surface area contributed by atoms with Crippen LogP contribution in [-0.2, 0) is 11.2 Å². The fraction of sp³-hybridized carbons (Fsp3) is 0.562. The quantitative estimate of drug-likeness (QED) is 0.629. The number of halogens is 1. The normalized spacial score (nSPS) is 10.4. The summed E-state index contributed by atoms with van der Waals surface area (Å²) in [5.41, 5.74) is 1.28. The number of hydrogen-bond acceptors (Lipinski definition) is 1. The third kappa shape index (κ3) is 6.63. The summed E-state index contributed by atoms with van der Waals surface area (Å²) in [7, 11) is 0. The highest BCUT2D eigenvalue weighted by molar-refractivity contribution is 6.17. The fourth-order valence-electron chi connectivity index (χ4n) is 2.01. The molecule has 0 saturated carbocycles. The van der Waals surface area contributed by atoms with E-state index in [1.165, 1.54) is 5.56 Å². The Balaban J connectivity index is 2.46. The minimum atomic E-state index is 0.267. The van der Waals surface area contributed by atoms with Crippen LogP contribution in [0.15, 0.2) is 30.3 Å². The van der Waals surface area contributed by atoms with Crippen molar-refractivity contribution < 1.29 is 4.79 Å². The molecule has 0 atom stereocenters. The summed E-state index contributed by atoms with van der Waals surface area (Å²) in [5, 5.41) is 0. The second kappa shape index (κ2) is 9.85. The van der Waals surface area contributed by atoms with Gasteiger partial charge in [-0.25, -0.2) is 0 Å². The molecule has 106 valence electrons. The van der Waals surface area contributed by atoms with E-state index < -0.39 is 0 Å². The van der Waals surface area contributed by atoms with Crippen LogP contribution in [0.1, 0.15) is 38.2 Å². The van der Waals surface area contributed by atoms with E-state index in [0.29, 0.717) is 12.3 Å². The lowest BCUT2D eigenvalue weighted by Gasteiger charge is -2.22. The molecule has 3 heteroatoms. The second-order valence-corrected chi connectivity index (χ2v) is 5.14. The highest BCUT2D eigenvalue weighted by atomic mass is 35.5. The average Bonchev–Trinajstić information content (AvgIpc) is 2.46. The molecule has 0 saturated heterocycles. The number of nitrogens with zero attached hydrogens (tertiary/aromatic N) is 1. The monoisotopic (exact) mass is 281 g/mol. The van der Waals surface area contributed by atoms with Gasteiger partial charge in [-0.2, -0.15) is 0 Å². The number of amides is 1. The molecule has 0 aliphatic heterocycles. The third-order valence-corrected chi connectivity index (χ3v) is 3.44. The van der Waals surface area contributed by atoms with Crippen LogP contribution in [0.5, 0.6) is 0 Å². The lowest BCUT2D eigenvalue weighted by molar-refractivity contribution is -0.131. The average molecular weight is 282 g/mol. The summed E-state index contributed by atoms with van der Waals surface area (Å²) in [6, 6.07) is 10.3. The van der Waals surface area contributed by atoms with E-state index in [2.05, 4.69) is 19.1 Å². The molecule has 0 fully saturated rings. The van der Waals surface area contributed by atoms with Gasteiger partial charge in [0.15, 0.2) is 0 Å². The Hall–Kier alpha value is -1.02. The van der Waals surface area contributed by atoms with Crippen molar-refractivity contribution in [2.45, 2.75) is 39.0 Å². The predicted octanol–water partition coefficient (Wildman–Crippen LogP) is 3.88. The Morgan fingerprint density at radius 3 is 2.53 bits per heavy atom. The lowest BCUT2D eigenvalue weighted by atomic mass is 10.1. The van der Waals surface area contributed by atoms with Gasteiger partial charge < -0.3 is 4.90 Å². The maximum Gasteiger partial charge on any atom is 0.222 e. The van der Waals surface area contributed by atoms with Crippen molar-refractivity contribution in [2.24, 2.45) is 0 Å². The molecule has 0 N–H and O–H groups in total. The van der Waals surface area contributed by atoms with Crippen LogP contribution in [0, 0.1) is 0 Å². The molecule has 0 radical (unpaired) electrons. The zero-order chi connectivity index (χ0) is 13.9. The zero-order valence-corrected chi connectivity index (χ0v) is 12.5. The Labute approximate surface area is 121 Å². The number of benzene rings is 1. The number of carbonyl (C=O) groups excluding carboxylic acids is 1. The molecule has 0 heterocycles. The van der Waals surface area contributed by atoms with E-state index in [9.17, 15) is 4.79 Å². The predicted molar refractivity (Wildman–Crippen MR) is 81.6 cm³/mol. The fourth-order valence-corrected chi connectivity index (χ4v) is 2.13. The topological polar surface area (TPSA) is 20.3 Å². The smallest absolute Gasteiger partial charge is 0.222 e. The molecule has 1 amide bonds. The highest BCUT2D eigenvalue weighted by Gasteiger charge is 2.12. The van der Waals surface area contributed by atoms with Crippen LogP contribution >= 0.6 is 11.6 Å². The van der Waals surface area contributed by atoms with Gasteiger partial charge in [0.1, 0.15) is 0 Å². The molecular formula is C16H24ClNO. The molecule has 1 aromatic rings. The first-order chi connectivity index (χ1) is 9.27. The van der Waals surface area contributed by atoms with Gasteiger partial charge in [-0.3, -0.25) is 4.79 Å². The van der Waals surface area contributed by atoms with E-state index in [1.807, 2.05) is 23.1 Å². The second-order valence-electron chi connectivity index (χ2n) is 4.76. The number of hydrogen-bond donors (Lipinski definition) is 0. The van der Waals surface area contributed by atoms with Crippen molar-refractivity contribution in [3.63, 3.8) is 0 Å². The van der Waals surface area contributed by atoms with Gasteiger partial charge in [0.25, 0.3) is 0 Å². The van der Waals surface area contributed by atoms with Crippen molar-refractivity contribution in [2.75, 3.05) is 19.0 Å². The first-order valence-electron chi connectivity index (χ1n) is 7.15. The lowest BCUT2D eigenvalue weighted by Crippen LogP contribution is -2.33.